The van der Waals surface area contributed by atoms with E-state index in [0.717, 1.165) is 22.8 Å². The third-order valence-electron chi connectivity index (χ3n) is 2.51. The molecule has 1 heterocycles. The monoisotopic (exact) mass is 218 g/mol. The highest BCUT2D eigenvalue weighted by atomic mass is 16.5. The first-order valence-electron chi connectivity index (χ1n) is 4.96. The molecule has 0 unspecified atom stereocenters. The van der Waals surface area contributed by atoms with E-state index in [0.29, 0.717) is 0 Å². The number of hydrogen-bond acceptors (Lipinski definition) is 3. The Bertz CT molecular complexity index is 492. The van der Waals surface area contributed by atoms with Crippen LogP contribution in [0.1, 0.15) is 0 Å². The molecule has 0 saturated heterocycles. The van der Waals surface area contributed by atoms with Crippen LogP contribution in [0.4, 0.5) is 0 Å². The highest BCUT2D eigenvalue weighted by Crippen LogP contribution is 2.32. The summed E-state index contributed by atoms with van der Waals surface area (Å²) in [5.41, 5.74) is 2.02. The Balaban J connectivity index is 2.53. The summed E-state index contributed by atoms with van der Waals surface area (Å²) in [4.78, 5) is 0. The molecule has 1 aromatic carbocycles. The van der Waals surface area contributed by atoms with Crippen molar-refractivity contribution in [1.29, 1.82) is 0 Å². The van der Waals surface area contributed by atoms with Crippen molar-refractivity contribution in [2.45, 2.75) is 0 Å². The molecule has 0 amide bonds. The predicted molar refractivity (Wildman–Crippen MR) is 61.7 cm³/mol. The van der Waals surface area contributed by atoms with Gasteiger partial charge in [-0.05, 0) is 18.2 Å². The lowest BCUT2D eigenvalue weighted by Crippen LogP contribution is -1.96. The lowest BCUT2D eigenvalue weighted by molar-refractivity contribution is 0.395. The molecule has 2 rings (SSSR count). The second-order valence-electron chi connectivity index (χ2n) is 3.41. The molecule has 84 valence electrons. The van der Waals surface area contributed by atoms with Crippen molar-refractivity contribution >= 4 is 0 Å². The van der Waals surface area contributed by atoms with Gasteiger partial charge in [-0.25, -0.2) is 0 Å². The Morgan fingerprint density at radius 2 is 1.94 bits per heavy atom. The normalized spacial score (nSPS) is 10.2. The van der Waals surface area contributed by atoms with Crippen LogP contribution in [-0.4, -0.2) is 24.0 Å². The minimum atomic E-state index is 0.780. The summed E-state index contributed by atoms with van der Waals surface area (Å²) in [6.45, 7) is 0. The molecule has 0 spiro atoms. The van der Waals surface area contributed by atoms with Gasteiger partial charge in [0.1, 0.15) is 11.5 Å². The molecule has 4 nitrogen and oxygen atoms in total. The zero-order valence-electron chi connectivity index (χ0n) is 9.60. The fourth-order valence-corrected chi connectivity index (χ4v) is 1.65. The largest absolute Gasteiger partial charge is 0.497 e. The van der Waals surface area contributed by atoms with E-state index in [9.17, 15) is 0 Å². The molecule has 0 atom stereocenters. The van der Waals surface area contributed by atoms with Crippen LogP contribution in [0.3, 0.4) is 0 Å². The average molecular weight is 218 g/mol. The van der Waals surface area contributed by atoms with Crippen molar-refractivity contribution in [2.24, 2.45) is 7.05 Å². The molecule has 0 bridgehead atoms. The molecule has 0 radical (unpaired) electrons. The average Bonchev–Trinajstić information content (AvgIpc) is 2.74. The maximum absolute atomic E-state index is 5.35. The number of ether oxygens (including phenoxy) is 2. The van der Waals surface area contributed by atoms with Crippen molar-refractivity contribution in [3.63, 3.8) is 0 Å². The van der Waals surface area contributed by atoms with E-state index >= 15 is 0 Å². The lowest BCUT2D eigenvalue weighted by atomic mass is 10.1. The zero-order chi connectivity index (χ0) is 11.5. The maximum Gasteiger partial charge on any atom is 0.131 e. The predicted octanol–water partition coefficient (Wildman–Crippen LogP) is 2.10. The molecule has 0 fully saturated rings. The van der Waals surface area contributed by atoms with Crippen molar-refractivity contribution in [1.82, 2.24) is 9.78 Å². The second kappa shape index (κ2) is 4.26. The van der Waals surface area contributed by atoms with Gasteiger partial charge in [0.05, 0.1) is 19.9 Å². The summed E-state index contributed by atoms with van der Waals surface area (Å²) in [5, 5.41) is 4.14. The molecule has 0 saturated carbocycles. The van der Waals surface area contributed by atoms with Gasteiger partial charge in [-0.15, -0.1) is 0 Å². The summed E-state index contributed by atoms with van der Waals surface area (Å²) in [6.07, 6.45) is 1.76. The first-order valence-corrected chi connectivity index (χ1v) is 4.96. The van der Waals surface area contributed by atoms with E-state index in [2.05, 4.69) is 5.10 Å². The number of hydrogen-bond donors (Lipinski definition) is 0. The lowest BCUT2D eigenvalue weighted by Gasteiger charge is -2.10. The first kappa shape index (κ1) is 10.5. The standard InChI is InChI=1S/C12H14N2O2/c1-14-11(6-7-13-14)10-5-4-9(15-2)8-12(10)16-3/h4-8H,1-3H3. The Morgan fingerprint density at radius 1 is 1.12 bits per heavy atom. The van der Waals surface area contributed by atoms with Crippen LogP contribution < -0.4 is 9.47 Å². The molecule has 16 heavy (non-hydrogen) atoms. The van der Waals surface area contributed by atoms with Crippen LogP contribution in [0, 0.1) is 0 Å². The van der Waals surface area contributed by atoms with Gasteiger partial charge in [-0.1, -0.05) is 0 Å². The molecular formula is C12H14N2O2. The summed E-state index contributed by atoms with van der Waals surface area (Å²) in [6, 6.07) is 7.69. The van der Waals surface area contributed by atoms with Crippen molar-refractivity contribution in [3.8, 4) is 22.8 Å². The maximum atomic E-state index is 5.35. The van der Waals surface area contributed by atoms with Crippen LogP contribution >= 0.6 is 0 Å². The number of rotatable bonds is 3. The summed E-state index contributed by atoms with van der Waals surface area (Å²) < 4.78 is 12.3. The van der Waals surface area contributed by atoms with E-state index in [-0.39, 0.29) is 0 Å². The van der Waals surface area contributed by atoms with Gasteiger partial charge in [0.15, 0.2) is 0 Å². The molecule has 1 aromatic heterocycles. The minimum absolute atomic E-state index is 0.780. The Kier molecular flexibility index (Phi) is 2.81. The van der Waals surface area contributed by atoms with E-state index in [4.69, 9.17) is 9.47 Å². The number of methoxy groups -OCH3 is 2. The van der Waals surface area contributed by atoms with E-state index in [1.165, 1.54) is 0 Å². The molecule has 0 N–H and O–H groups in total. The quantitative estimate of drug-likeness (QED) is 0.791. The van der Waals surface area contributed by atoms with Crippen LogP contribution in [-0.2, 0) is 7.05 Å². The fourth-order valence-electron chi connectivity index (χ4n) is 1.65. The molecule has 2 aromatic rings. The van der Waals surface area contributed by atoms with E-state index in [1.54, 1.807) is 20.4 Å². The van der Waals surface area contributed by atoms with Gasteiger partial charge in [0, 0.05) is 24.9 Å². The van der Waals surface area contributed by atoms with Crippen molar-refractivity contribution < 1.29 is 9.47 Å². The van der Waals surface area contributed by atoms with Crippen LogP contribution in [0.5, 0.6) is 11.5 Å². The Hall–Kier alpha value is -1.97. The van der Waals surface area contributed by atoms with Crippen LogP contribution in [0.25, 0.3) is 11.3 Å². The highest BCUT2D eigenvalue weighted by molar-refractivity contribution is 5.68. The van der Waals surface area contributed by atoms with Crippen molar-refractivity contribution in [2.75, 3.05) is 14.2 Å². The number of aryl methyl sites for hydroxylation is 1. The van der Waals surface area contributed by atoms with Gasteiger partial charge in [0.25, 0.3) is 0 Å². The van der Waals surface area contributed by atoms with E-state index in [1.807, 2.05) is 36.0 Å². The van der Waals surface area contributed by atoms with Crippen LogP contribution in [0.2, 0.25) is 0 Å². The summed E-state index contributed by atoms with van der Waals surface area (Å²) >= 11 is 0. The third-order valence-corrected chi connectivity index (χ3v) is 2.51. The minimum Gasteiger partial charge on any atom is -0.497 e. The number of benzene rings is 1. The zero-order valence-corrected chi connectivity index (χ0v) is 9.60. The molecule has 0 aliphatic rings. The molecule has 0 aliphatic heterocycles. The topological polar surface area (TPSA) is 36.3 Å². The molecule has 0 aliphatic carbocycles. The van der Waals surface area contributed by atoms with Gasteiger partial charge >= 0.3 is 0 Å². The molecular weight excluding hydrogens is 204 g/mol. The van der Waals surface area contributed by atoms with Gasteiger partial charge in [-0.2, -0.15) is 5.10 Å². The first-order chi connectivity index (χ1) is 7.76. The summed E-state index contributed by atoms with van der Waals surface area (Å²) in [7, 11) is 5.19. The Labute approximate surface area is 94.4 Å². The number of aromatic nitrogens is 2. The van der Waals surface area contributed by atoms with E-state index < -0.39 is 0 Å². The third kappa shape index (κ3) is 1.74. The smallest absolute Gasteiger partial charge is 0.131 e. The SMILES string of the molecule is COc1ccc(-c2ccnn2C)c(OC)c1. The van der Waals surface area contributed by atoms with Gasteiger partial charge < -0.3 is 9.47 Å². The van der Waals surface area contributed by atoms with Gasteiger partial charge in [-0.3, -0.25) is 4.68 Å². The molecule has 4 heteroatoms. The van der Waals surface area contributed by atoms with Crippen LogP contribution in [0.15, 0.2) is 30.5 Å². The highest BCUT2D eigenvalue weighted by Gasteiger charge is 2.10. The Morgan fingerprint density at radius 3 is 2.50 bits per heavy atom. The second-order valence-corrected chi connectivity index (χ2v) is 3.41. The fraction of sp³-hybridized carbons (Fsp3) is 0.250. The number of nitrogens with zero attached hydrogens (tertiary/aromatic N) is 2. The van der Waals surface area contributed by atoms with Gasteiger partial charge in [0.2, 0.25) is 0 Å². The summed E-state index contributed by atoms with van der Waals surface area (Å²) in [5.74, 6) is 1.56. The van der Waals surface area contributed by atoms with Crippen molar-refractivity contribution in [3.05, 3.63) is 30.5 Å².